The van der Waals surface area contributed by atoms with Crippen LogP contribution < -0.4 is 11.1 Å². The van der Waals surface area contributed by atoms with Gasteiger partial charge in [0.2, 0.25) is 5.91 Å². The molecular formula is C14H27N3O2. The molecule has 5 nitrogen and oxygen atoms in total. The fraction of sp³-hybridized carbons (Fsp3) is 0.929. The molecule has 0 aromatic heterocycles. The van der Waals surface area contributed by atoms with E-state index >= 15 is 0 Å². The first-order valence-corrected chi connectivity index (χ1v) is 7.47. The third-order valence-electron chi connectivity index (χ3n) is 3.98. The minimum Gasteiger partial charge on any atom is -0.381 e. The highest BCUT2D eigenvalue weighted by Crippen LogP contribution is 2.20. The molecule has 2 rings (SSSR count). The fourth-order valence-electron chi connectivity index (χ4n) is 2.68. The second kappa shape index (κ2) is 7.22. The van der Waals surface area contributed by atoms with E-state index in [4.69, 9.17) is 10.5 Å². The number of rotatable bonds is 8. The normalized spacial score (nSPS) is 25.5. The molecule has 5 heteroatoms. The number of carbonyl (C=O) groups excluding carboxylic acids is 1. The predicted molar refractivity (Wildman–Crippen MR) is 74.8 cm³/mol. The van der Waals surface area contributed by atoms with Crippen LogP contribution in [-0.4, -0.2) is 56.2 Å². The fourth-order valence-corrected chi connectivity index (χ4v) is 2.68. The van der Waals surface area contributed by atoms with E-state index < -0.39 is 0 Å². The van der Waals surface area contributed by atoms with Crippen molar-refractivity contribution in [2.45, 2.75) is 44.2 Å². The summed E-state index contributed by atoms with van der Waals surface area (Å²) >= 11 is 0. The van der Waals surface area contributed by atoms with Gasteiger partial charge in [0.1, 0.15) is 0 Å². The summed E-state index contributed by atoms with van der Waals surface area (Å²) in [4.78, 5) is 13.7. The number of carbonyl (C=O) groups is 1. The Morgan fingerprint density at radius 1 is 1.47 bits per heavy atom. The predicted octanol–water partition coefficient (Wildman–Crippen LogP) is 0.341. The van der Waals surface area contributed by atoms with E-state index in [0.717, 1.165) is 32.7 Å². The molecule has 1 aliphatic carbocycles. The molecule has 2 unspecified atom stereocenters. The van der Waals surface area contributed by atoms with Crippen LogP contribution in [0.5, 0.6) is 0 Å². The van der Waals surface area contributed by atoms with Crippen LogP contribution in [0.3, 0.4) is 0 Å². The van der Waals surface area contributed by atoms with Crippen molar-refractivity contribution in [3.05, 3.63) is 0 Å². The highest BCUT2D eigenvalue weighted by Gasteiger charge is 2.27. The van der Waals surface area contributed by atoms with Crippen molar-refractivity contribution in [1.29, 1.82) is 0 Å². The van der Waals surface area contributed by atoms with Gasteiger partial charge in [0.15, 0.2) is 0 Å². The van der Waals surface area contributed by atoms with Crippen LogP contribution in [0, 0.1) is 5.92 Å². The molecule has 0 bridgehead atoms. The Kier molecular flexibility index (Phi) is 5.60. The molecule has 1 aliphatic heterocycles. The molecule has 2 aliphatic rings. The smallest absolute Gasteiger partial charge is 0.234 e. The number of ether oxygens (including phenoxy) is 1. The largest absolute Gasteiger partial charge is 0.381 e. The molecule has 3 N–H and O–H groups in total. The summed E-state index contributed by atoms with van der Waals surface area (Å²) in [6, 6.07) is 0.354. The summed E-state index contributed by atoms with van der Waals surface area (Å²) < 4.78 is 5.49. The second-order valence-corrected chi connectivity index (χ2v) is 6.03. The van der Waals surface area contributed by atoms with Crippen molar-refractivity contribution in [3.63, 3.8) is 0 Å². The van der Waals surface area contributed by atoms with E-state index in [-0.39, 0.29) is 11.9 Å². The van der Waals surface area contributed by atoms with Crippen molar-refractivity contribution in [2.75, 3.05) is 33.4 Å². The Morgan fingerprint density at radius 3 is 2.84 bits per heavy atom. The van der Waals surface area contributed by atoms with Gasteiger partial charge < -0.3 is 20.7 Å². The number of primary amides is 1. The maximum atomic E-state index is 11.4. The molecule has 1 amide bonds. The summed E-state index contributed by atoms with van der Waals surface area (Å²) in [7, 11) is 2.11. The standard InChI is InChI=1S/C14H27N3O2/c1-17(9-11-3-2-8-19-10-11)7-6-13(14(15)18)16-12-4-5-12/h11-13,16H,2-10H2,1H3,(H2,15,18). The molecular weight excluding hydrogens is 242 g/mol. The zero-order chi connectivity index (χ0) is 13.7. The summed E-state index contributed by atoms with van der Waals surface area (Å²) in [5, 5.41) is 3.32. The second-order valence-electron chi connectivity index (χ2n) is 6.03. The van der Waals surface area contributed by atoms with E-state index in [0.29, 0.717) is 12.0 Å². The summed E-state index contributed by atoms with van der Waals surface area (Å²) in [6.07, 6.45) is 5.59. The van der Waals surface area contributed by atoms with Gasteiger partial charge >= 0.3 is 0 Å². The third kappa shape index (κ3) is 5.47. The van der Waals surface area contributed by atoms with Gasteiger partial charge in [0, 0.05) is 19.2 Å². The van der Waals surface area contributed by atoms with Crippen LogP contribution in [-0.2, 0) is 9.53 Å². The molecule has 1 saturated carbocycles. The molecule has 1 saturated heterocycles. The minimum atomic E-state index is -0.221. The van der Waals surface area contributed by atoms with Crippen molar-refractivity contribution < 1.29 is 9.53 Å². The van der Waals surface area contributed by atoms with Crippen LogP contribution in [0.4, 0.5) is 0 Å². The lowest BCUT2D eigenvalue weighted by Crippen LogP contribution is -2.44. The van der Waals surface area contributed by atoms with Crippen LogP contribution in [0.15, 0.2) is 0 Å². The molecule has 0 spiro atoms. The average Bonchev–Trinajstić information content (AvgIpc) is 3.19. The molecule has 0 aromatic rings. The number of nitrogens with two attached hydrogens (primary N) is 1. The molecule has 0 radical (unpaired) electrons. The molecule has 2 fully saturated rings. The Bertz CT molecular complexity index is 288. The first kappa shape index (κ1) is 14.8. The molecule has 110 valence electrons. The third-order valence-corrected chi connectivity index (χ3v) is 3.98. The quantitative estimate of drug-likeness (QED) is 0.667. The minimum absolute atomic E-state index is 0.169. The van der Waals surface area contributed by atoms with Crippen molar-refractivity contribution >= 4 is 5.91 Å². The highest BCUT2D eigenvalue weighted by molar-refractivity contribution is 5.79. The Labute approximate surface area is 115 Å². The molecule has 1 heterocycles. The topological polar surface area (TPSA) is 67.6 Å². The SMILES string of the molecule is CN(CCC(NC1CC1)C(N)=O)CC1CCCOC1. The van der Waals surface area contributed by atoms with Gasteiger partial charge in [-0.15, -0.1) is 0 Å². The van der Waals surface area contributed by atoms with Gasteiger partial charge in [-0.2, -0.15) is 0 Å². The van der Waals surface area contributed by atoms with Crippen molar-refractivity contribution in [2.24, 2.45) is 11.7 Å². The van der Waals surface area contributed by atoms with E-state index in [1.807, 2.05) is 0 Å². The Balaban J connectivity index is 1.65. The lowest BCUT2D eigenvalue weighted by atomic mass is 10.0. The monoisotopic (exact) mass is 269 g/mol. The zero-order valence-electron chi connectivity index (χ0n) is 11.9. The van der Waals surface area contributed by atoms with Crippen LogP contribution >= 0.6 is 0 Å². The highest BCUT2D eigenvalue weighted by atomic mass is 16.5. The van der Waals surface area contributed by atoms with Crippen LogP contribution in [0.25, 0.3) is 0 Å². The zero-order valence-corrected chi connectivity index (χ0v) is 11.9. The number of hydrogen-bond donors (Lipinski definition) is 2. The average molecular weight is 269 g/mol. The molecule has 2 atom stereocenters. The van der Waals surface area contributed by atoms with E-state index in [1.54, 1.807) is 0 Å². The number of nitrogens with one attached hydrogen (secondary N) is 1. The molecule has 0 aromatic carbocycles. The van der Waals surface area contributed by atoms with Gasteiger partial charge in [-0.25, -0.2) is 0 Å². The lowest BCUT2D eigenvalue weighted by molar-refractivity contribution is -0.120. The van der Waals surface area contributed by atoms with Gasteiger partial charge in [0.05, 0.1) is 12.6 Å². The van der Waals surface area contributed by atoms with E-state index in [1.165, 1.54) is 25.7 Å². The van der Waals surface area contributed by atoms with Gasteiger partial charge in [-0.1, -0.05) is 0 Å². The van der Waals surface area contributed by atoms with Crippen molar-refractivity contribution in [3.8, 4) is 0 Å². The van der Waals surface area contributed by atoms with E-state index in [9.17, 15) is 4.79 Å². The first-order valence-electron chi connectivity index (χ1n) is 7.47. The van der Waals surface area contributed by atoms with E-state index in [2.05, 4.69) is 17.3 Å². The maximum Gasteiger partial charge on any atom is 0.234 e. The van der Waals surface area contributed by atoms with Crippen molar-refractivity contribution in [1.82, 2.24) is 10.2 Å². The first-order chi connectivity index (χ1) is 9.15. The van der Waals surface area contributed by atoms with Gasteiger partial charge in [-0.05, 0) is 51.6 Å². The number of nitrogens with zero attached hydrogens (tertiary/aromatic N) is 1. The summed E-state index contributed by atoms with van der Waals surface area (Å²) in [5.41, 5.74) is 5.44. The van der Waals surface area contributed by atoms with Gasteiger partial charge in [-0.3, -0.25) is 4.79 Å². The van der Waals surface area contributed by atoms with Crippen LogP contribution in [0.1, 0.15) is 32.1 Å². The molecule has 19 heavy (non-hydrogen) atoms. The Hall–Kier alpha value is -0.650. The Morgan fingerprint density at radius 2 is 2.26 bits per heavy atom. The maximum absolute atomic E-state index is 11.4. The number of hydrogen-bond acceptors (Lipinski definition) is 4. The number of amides is 1. The van der Waals surface area contributed by atoms with Crippen LogP contribution in [0.2, 0.25) is 0 Å². The lowest BCUT2D eigenvalue weighted by Gasteiger charge is -2.28. The summed E-state index contributed by atoms with van der Waals surface area (Å²) in [6.45, 7) is 3.75. The summed E-state index contributed by atoms with van der Waals surface area (Å²) in [5.74, 6) is 0.420. The van der Waals surface area contributed by atoms with Gasteiger partial charge in [0.25, 0.3) is 0 Å².